The maximum absolute atomic E-state index is 12.7. The molecule has 1 aliphatic rings. The van der Waals surface area contributed by atoms with E-state index in [4.69, 9.17) is 0 Å². The largest absolute Gasteiger partial charge is 0.408 e. The van der Waals surface area contributed by atoms with Crippen LogP contribution in [-0.4, -0.2) is 49.8 Å². The molecule has 2 N–H and O–H groups in total. The maximum atomic E-state index is 12.7. The summed E-state index contributed by atoms with van der Waals surface area (Å²) in [5, 5.41) is 4.35. The van der Waals surface area contributed by atoms with Crippen LogP contribution in [-0.2, 0) is 26.2 Å². The standard InChI is InChI=1S/C18H24F3N3O4S/c1-3-24(4-2)29(27,28)13-7-5-12(6-8-13)11-22-16(25)14-9-10-15(18(19,20)21)23-17(14)26/h5-8,14-15H,3-4,9-11H2,1-2H3,(H,22,25)(H,23,26)/t14-,15+/m1/s1. The summed E-state index contributed by atoms with van der Waals surface area (Å²) >= 11 is 0. The molecule has 1 fully saturated rings. The molecular weight excluding hydrogens is 411 g/mol. The molecule has 0 saturated carbocycles. The number of halogens is 3. The van der Waals surface area contributed by atoms with Gasteiger partial charge in [0.1, 0.15) is 12.0 Å². The smallest absolute Gasteiger partial charge is 0.351 e. The van der Waals surface area contributed by atoms with E-state index in [2.05, 4.69) is 5.32 Å². The van der Waals surface area contributed by atoms with Crippen molar-refractivity contribution >= 4 is 21.8 Å². The van der Waals surface area contributed by atoms with Gasteiger partial charge in [0.05, 0.1) is 4.90 Å². The van der Waals surface area contributed by atoms with Crippen LogP contribution in [0.4, 0.5) is 13.2 Å². The predicted octanol–water partition coefficient (Wildman–Crippen LogP) is 1.79. The first-order valence-corrected chi connectivity index (χ1v) is 10.7. The number of carbonyl (C=O) groups excluding carboxylic acids is 2. The Morgan fingerprint density at radius 3 is 2.24 bits per heavy atom. The lowest BCUT2D eigenvalue weighted by molar-refractivity contribution is -0.171. The number of alkyl halides is 3. The lowest BCUT2D eigenvalue weighted by Gasteiger charge is -2.29. The fourth-order valence-corrected chi connectivity index (χ4v) is 4.57. The number of amides is 2. The van der Waals surface area contributed by atoms with E-state index < -0.39 is 40.0 Å². The summed E-state index contributed by atoms with van der Waals surface area (Å²) < 4.78 is 64.2. The van der Waals surface area contributed by atoms with Gasteiger partial charge in [0.25, 0.3) is 0 Å². The van der Waals surface area contributed by atoms with Crippen LogP contribution in [0.1, 0.15) is 32.3 Å². The molecule has 2 rings (SSSR count). The van der Waals surface area contributed by atoms with Crippen molar-refractivity contribution in [2.45, 2.75) is 50.3 Å². The highest BCUT2D eigenvalue weighted by Gasteiger charge is 2.45. The Labute approximate surface area is 167 Å². The molecule has 0 unspecified atom stereocenters. The van der Waals surface area contributed by atoms with Crippen molar-refractivity contribution in [3.8, 4) is 0 Å². The molecule has 2 atom stereocenters. The van der Waals surface area contributed by atoms with E-state index in [1.54, 1.807) is 13.8 Å². The molecular formula is C18H24F3N3O4S. The minimum absolute atomic E-state index is 0.0247. The van der Waals surface area contributed by atoms with Gasteiger partial charge < -0.3 is 10.6 Å². The van der Waals surface area contributed by atoms with Gasteiger partial charge in [0, 0.05) is 19.6 Å². The molecule has 2 amide bonds. The molecule has 0 aromatic heterocycles. The fourth-order valence-electron chi connectivity index (χ4n) is 3.11. The molecule has 1 aromatic rings. The highest BCUT2D eigenvalue weighted by Crippen LogP contribution is 2.28. The first kappa shape index (κ1) is 23.1. The number of hydrogen-bond donors (Lipinski definition) is 2. The van der Waals surface area contributed by atoms with Crippen LogP contribution in [0.15, 0.2) is 29.2 Å². The van der Waals surface area contributed by atoms with Crippen LogP contribution >= 0.6 is 0 Å². The lowest BCUT2D eigenvalue weighted by atomic mass is 9.93. The van der Waals surface area contributed by atoms with E-state index in [1.807, 2.05) is 5.32 Å². The second kappa shape index (κ2) is 9.12. The number of carbonyl (C=O) groups is 2. The van der Waals surface area contributed by atoms with Gasteiger partial charge in [-0.3, -0.25) is 9.59 Å². The van der Waals surface area contributed by atoms with Crippen LogP contribution < -0.4 is 10.6 Å². The Morgan fingerprint density at radius 2 is 1.76 bits per heavy atom. The van der Waals surface area contributed by atoms with E-state index in [-0.39, 0.29) is 24.3 Å². The van der Waals surface area contributed by atoms with Crippen LogP contribution in [0.25, 0.3) is 0 Å². The Hall–Kier alpha value is -2.14. The van der Waals surface area contributed by atoms with E-state index in [0.29, 0.717) is 18.7 Å². The van der Waals surface area contributed by atoms with Gasteiger partial charge in [-0.25, -0.2) is 8.42 Å². The van der Waals surface area contributed by atoms with Gasteiger partial charge in [-0.15, -0.1) is 0 Å². The number of rotatable bonds is 7. The monoisotopic (exact) mass is 435 g/mol. The minimum atomic E-state index is -4.54. The molecule has 11 heteroatoms. The summed E-state index contributed by atoms with van der Waals surface area (Å²) in [6, 6.07) is 4.00. The normalized spacial score (nSPS) is 20.4. The second-order valence-electron chi connectivity index (χ2n) is 6.68. The van der Waals surface area contributed by atoms with Crippen molar-refractivity contribution in [1.29, 1.82) is 0 Å². The number of piperidine rings is 1. The Bertz CT molecular complexity index is 837. The quantitative estimate of drug-likeness (QED) is 0.639. The summed E-state index contributed by atoms with van der Waals surface area (Å²) in [5.74, 6) is -2.80. The van der Waals surface area contributed by atoms with Gasteiger partial charge in [0.2, 0.25) is 21.8 Å². The van der Waals surface area contributed by atoms with Gasteiger partial charge in [-0.2, -0.15) is 17.5 Å². The van der Waals surface area contributed by atoms with Crippen LogP contribution in [0.2, 0.25) is 0 Å². The third kappa shape index (κ3) is 5.47. The van der Waals surface area contributed by atoms with Crippen molar-refractivity contribution in [2.75, 3.05) is 13.1 Å². The Kier molecular flexibility index (Phi) is 7.28. The molecule has 29 heavy (non-hydrogen) atoms. The summed E-state index contributed by atoms with van der Waals surface area (Å²) in [5.41, 5.74) is 0.598. The molecule has 0 radical (unpaired) electrons. The van der Waals surface area contributed by atoms with Gasteiger partial charge in [0.15, 0.2) is 0 Å². The van der Waals surface area contributed by atoms with Crippen molar-refractivity contribution in [3.05, 3.63) is 29.8 Å². The molecule has 1 aromatic carbocycles. The highest BCUT2D eigenvalue weighted by molar-refractivity contribution is 7.89. The maximum Gasteiger partial charge on any atom is 0.408 e. The molecule has 1 heterocycles. The fraction of sp³-hybridized carbons (Fsp3) is 0.556. The number of hydrogen-bond acceptors (Lipinski definition) is 4. The summed E-state index contributed by atoms with van der Waals surface area (Å²) in [7, 11) is -3.59. The first-order chi connectivity index (χ1) is 13.5. The van der Waals surface area contributed by atoms with Crippen molar-refractivity contribution in [2.24, 2.45) is 5.92 Å². The first-order valence-electron chi connectivity index (χ1n) is 9.24. The summed E-state index contributed by atoms with van der Waals surface area (Å²) in [6.07, 6.45) is -5.08. The molecule has 0 aliphatic carbocycles. The van der Waals surface area contributed by atoms with E-state index in [9.17, 15) is 31.2 Å². The lowest BCUT2D eigenvalue weighted by Crippen LogP contribution is -2.54. The molecule has 0 bridgehead atoms. The molecule has 1 saturated heterocycles. The van der Waals surface area contributed by atoms with Gasteiger partial charge >= 0.3 is 6.18 Å². The molecule has 162 valence electrons. The van der Waals surface area contributed by atoms with Crippen LogP contribution in [0.5, 0.6) is 0 Å². The van der Waals surface area contributed by atoms with Crippen LogP contribution in [0.3, 0.4) is 0 Å². The number of nitrogens with one attached hydrogen (secondary N) is 2. The minimum Gasteiger partial charge on any atom is -0.351 e. The third-order valence-corrected chi connectivity index (χ3v) is 6.89. The average Bonchev–Trinajstić information content (AvgIpc) is 2.66. The number of sulfonamides is 1. The number of nitrogens with zero attached hydrogens (tertiary/aromatic N) is 1. The van der Waals surface area contributed by atoms with Crippen molar-refractivity contribution < 1.29 is 31.2 Å². The Balaban J connectivity index is 1.95. The SMILES string of the molecule is CCN(CC)S(=O)(=O)c1ccc(CNC(=O)[C@H]2CC[C@@H](C(F)(F)F)NC2=O)cc1. The zero-order valence-electron chi connectivity index (χ0n) is 16.1. The van der Waals surface area contributed by atoms with Gasteiger partial charge in [-0.05, 0) is 30.5 Å². The summed E-state index contributed by atoms with van der Waals surface area (Å²) in [4.78, 5) is 24.1. The second-order valence-corrected chi connectivity index (χ2v) is 8.62. The van der Waals surface area contributed by atoms with Crippen molar-refractivity contribution in [1.82, 2.24) is 14.9 Å². The Morgan fingerprint density at radius 1 is 1.17 bits per heavy atom. The zero-order chi connectivity index (χ0) is 21.8. The highest BCUT2D eigenvalue weighted by atomic mass is 32.2. The zero-order valence-corrected chi connectivity index (χ0v) is 16.9. The van der Waals surface area contributed by atoms with E-state index >= 15 is 0 Å². The number of benzene rings is 1. The molecule has 7 nitrogen and oxygen atoms in total. The van der Waals surface area contributed by atoms with E-state index in [0.717, 1.165) is 0 Å². The van der Waals surface area contributed by atoms with Gasteiger partial charge in [-0.1, -0.05) is 26.0 Å². The van der Waals surface area contributed by atoms with Crippen LogP contribution in [0, 0.1) is 5.92 Å². The third-order valence-electron chi connectivity index (χ3n) is 4.82. The van der Waals surface area contributed by atoms with E-state index in [1.165, 1.54) is 28.6 Å². The molecule has 1 aliphatic heterocycles. The topological polar surface area (TPSA) is 95.6 Å². The molecule has 0 spiro atoms. The average molecular weight is 435 g/mol. The predicted molar refractivity (Wildman–Crippen MR) is 99.1 cm³/mol. The summed E-state index contributed by atoms with van der Waals surface area (Å²) in [6.45, 7) is 4.19. The van der Waals surface area contributed by atoms with Crippen molar-refractivity contribution in [3.63, 3.8) is 0 Å².